The smallest absolute Gasteiger partial charge is 0.261 e. The normalized spacial score (nSPS) is 17.4. The number of likely N-dealkylation sites (tertiary alicyclic amines) is 1. The predicted molar refractivity (Wildman–Crippen MR) is 144 cm³/mol. The maximum atomic E-state index is 13.3. The highest BCUT2D eigenvalue weighted by Crippen LogP contribution is 2.29. The Morgan fingerprint density at radius 2 is 1.95 bits per heavy atom. The second-order valence-electron chi connectivity index (χ2n) is 9.86. The third-order valence-corrected chi connectivity index (χ3v) is 8.72. The zero-order chi connectivity index (χ0) is 25.9. The summed E-state index contributed by atoms with van der Waals surface area (Å²) in [6, 6.07) is 6.86. The SMILES string of the molecule is CC[C@@H](NC(=O)c1ccc2[nH]ncc2c1)C(=O)N1CCc2sc(C(=O)NC3CCN(CC)CC3)cc2C1. The molecule has 1 saturated heterocycles. The van der Waals surface area contributed by atoms with Crippen molar-refractivity contribution in [1.29, 1.82) is 0 Å². The predicted octanol–water partition coefficient (Wildman–Crippen LogP) is 2.93. The van der Waals surface area contributed by atoms with Crippen LogP contribution in [0.5, 0.6) is 0 Å². The number of nitrogens with zero attached hydrogens (tertiary/aromatic N) is 3. The van der Waals surface area contributed by atoms with Crippen LogP contribution in [0.15, 0.2) is 30.5 Å². The number of carbonyl (C=O) groups excluding carboxylic acids is 3. The molecule has 2 aliphatic heterocycles. The second-order valence-corrected chi connectivity index (χ2v) is 11.0. The minimum absolute atomic E-state index is 0.0134. The molecule has 1 fully saturated rings. The fraction of sp³-hybridized carbons (Fsp3) is 0.481. The van der Waals surface area contributed by atoms with Crippen LogP contribution in [0.1, 0.15) is 63.6 Å². The zero-order valence-electron chi connectivity index (χ0n) is 21.4. The van der Waals surface area contributed by atoms with Gasteiger partial charge in [0, 0.05) is 48.0 Å². The van der Waals surface area contributed by atoms with Crippen molar-refractivity contribution in [2.45, 2.75) is 58.2 Å². The summed E-state index contributed by atoms with van der Waals surface area (Å²) in [7, 11) is 0. The molecule has 196 valence electrons. The van der Waals surface area contributed by atoms with Gasteiger partial charge in [-0.15, -0.1) is 11.3 Å². The number of fused-ring (bicyclic) bond motifs is 2. The summed E-state index contributed by atoms with van der Waals surface area (Å²) in [4.78, 5) is 45.2. The second kappa shape index (κ2) is 11.0. The Hall–Kier alpha value is -3.24. The van der Waals surface area contributed by atoms with Crippen molar-refractivity contribution in [3.8, 4) is 0 Å². The van der Waals surface area contributed by atoms with E-state index in [4.69, 9.17) is 0 Å². The Labute approximate surface area is 220 Å². The molecule has 0 radical (unpaired) electrons. The van der Waals surface area contributed by atoms with Crippen molar-refractivity contribution < 1.29 is 14.4 Å². The first-order valence-corrected chi connectivity index (χ1v) is 13.9. The van der Waals surface area contributed by atoms with Crippen molar-refractivity contribution in [3.05, 3.63) is 51.3 Å². The maximum absolute atomic E-state index is 13.3. The van der Waals surface area contributed by atoms with Crippen LogP contribution >= 0.6 is 11.3 Å². The van der Waals surface area contributed by atoms with Crippen molar-refractivity contribution in [2.75, 3.05) is 26.2 Å². The summed E-state index contributed by atoms with van der Waals surface area (Å²) in [5, 5.41) is 13.8. The number of H-pyrrole nitrogens is 1. The number of hydrogen-bond acceptors (Lipinski definition) is 6. The highest BCUT2D eigenvalue weighted by atomic mass is 32.1. The van der Waals surface area contributed by atoms with Gasteiger partial charge in [0.1, 0.15) is 6.04 Å². The van der Waals surface area contributed by atoms with E-state index in [1.54, 1.807) is 23.2 Å². The van der Waals surface area contributed by atoms with Crippen molar-refractivity contribution >= 4 is 40.0 Å². The Morgan fingerprint density at radius 3 is 2.70 bits per heavy atom. The number of aromatic amines is 1. The van der Waals surface area contributed by atoms with E-state index >= 15 is 0 Å². The van der Waals surface area contributed by atoms with Crippen molar-refractivity contribution in [2.24, 2.45) is 0 Å². The van der Waals surface area contributed by atoms with Gasteiger partial charge in [-0.25, -0.2) is 0 Å². The topological polar surface area (TPSA) is 110 Å². The minimum Gasteiger partial charge on any atom is -0.349 e. The van der Waals surface area contributed by atoms with E-state index in [2.05, 4.69) is 32.7 Å². The molecule has 9 nitrogen and oxygen atoms in total. The monoisotopic (exact) mass is 522 g/mol. The first kappa shape index (κ1) is 25.4. The number of hydrogen-bond donors (Lipinski definition) is 3. The van der Waals surface area contributed by atoms with Crippen LogP contribution in [0, 0.1) is 0 Å². The third-order valence-electron chi connectivity index (χ3n) is 7.49. The summed E-state index contributed by atoms with van der Waals surface area (Å²) >= 11 is 1.54. The molecule has 0 unspecified atom stereocenters. The van der Waals surface area contributed by atoms with Gasteiger partial charge in [0.05, 0.1) is 16.6 Å². The summed E-state index contributed by atoms with van der Waals surface area (Å²) in [5.41, 5.74) is 2.38. The molecule has 10 heteroatoms. The van der Waals surface area contributed by atoms with E-state index in [9.17, 15) is 14.4 Å². The van der Waals surface area contributed by atoms with Gasteiger partial charge in [-0.1, -0.05) is 13.8 Å². The molecular weight excluding hydrogens is 488 g/mol. The molecule has 5 rings (SSSR count). The van der Waals surface area contributed by atoms with Crippen molar-refractivity contribution in [1.82, 2.24) is 30.6 Å². The van der Waals surface area contributed by atoms with E-state index in [1.807, 2.05) is 19.1 Å². The van der Waals surface area contributed by atoms with Crippen LogP contribution in [0.4, 0.5) is 0 Å². The molecular formula is C27H34N6O3S. The number of carbonyl (C=O) groups is 3. The lowest BCUT2D eigenvalue weighted by atomic mass is 10.0. The molecule has 3 N–H and O–H groups in total. The zero-order valence-corrected chi connectivity index (χ0v) is 22.2. The van der Waals surface area contributed by atoms with Gasteiger partial charge in [0.25, 0.3) is 11.8 Å². The molecule has 1 atom stereocenters. The van der Waals surface area contributed by atoms with Crippen LogP contribution < -0.4 is 10.6 Å². The van der Waals surface area contributed by atoms with Gasteiger partial charge < -0.3 is 20.4 Å². The summed E-state index contributed by atoms with van der Waals surface area (Å²) in [5.74, 6) is -0.383. The number of thiophene rings is 1. The number of piperidine rings is 1. The minimum atomic E-state index is -0.607. The van der Waals surface area contributed by atoms with Gasteiger partial charge in [-0.2, -0.15) is 5.10 Å². The highest BCUT2D eigenvalue weighted by molar-refractivity contribution is 7.14. The van der Waals surface area contributed by atoms with Crippen LogP contribution in [0.25, 0.3) is 10.9 Å². The molecule has 3 aromatic rings. The number of rotatable bonds is 7. The van der Waals surface area contributed by atoms with E-state index < -0.39 is 6.04 Å². The highest BCUT2D eigenvalue weighted by Gasteiger charge is 2.30. The average molecular weight is 523 g/mol. The molecule has 0 aliphatic carbocycles. The third kappa shape index (κ3) is 5.55. The lowest BCUT2D eigenvalue weighted by Crippen LogP contribution is -2.49. The number of amides is 3. The Kier molecular flexibility index (Phi) is 7.57. The molecule has 2 aliphatic rings. The Balaban J connectivity index is 1.19. The number of aromatic nitrogens is 2. The number of nitrogens with one attached hydrogen (secondary N) is 3. The first-order chi connectivity index (χ1) is 17.9. The standard InChI is InChI=1S/C27H34N6O3S/c1-3-21(30-25(34)17-5-6-22-18(13-17)15-28-31-22)27(36)33-12-9-23-19(16-33)14-24(37-23)26(35)29-20-7-10-32(4-2)11-8-20/h5-6,13-15,20-21H,3-4,7-12,16H2,1-2H3,(H,28,31)(H,29,35)(H,30,34)/t21-/m1/s1. The first-order valence-electron chi connectivity index (χ1n) is 13.1. The lowest BCUT2D eigenvalue weighted by molar-refractivity contribution is -0.134. The molecule has 0 saturated carbocycles. The summed E-state index contributed by atoms with van der Waals surface area (Å²) < 4.78 is 0. The molecule has 4 heterocycles. The summed E-state index contributed by atoms with van der Waals surface area (Å²) in [6.07, 6.45) is 4.84. The van der Waals surface area contributed by atoms with E-state index in [-0.39, 0.29) is 23.8 Å². The average Bonchev–Trinajstić information content (AvgIpc) is 3.57. The molecule has 0 bridgehead atoms. The fourth-order valence-electron chi connectivity index (χ4n) is 5.17. The Morgan fingerprint density at radius 1 is 1.14 bits per heavy atom. The largest absolute Gasteiger partial charge is 0.349 e. The van der Waals surface area contributed by atoms with Gasteiger partial charge >= 0.3 is 0 Å². The van der Waals surface area contributed by atoms with Crippen molar-refractivity contribution in [3.63, 3.8) is 0 Å². The van der Waals surface area contributed by atoms with E-state index in [0.29, 0.717) is 30.0 Å². The fourth-order valence-corrected chi connectivity index (χ4v) is 6.23. The molecule has 2 aromatic heterocycles. The van der Waals surface area contributed by atoms with Crippen LogP contribution in [0.2, 0.25) is 0 Å². The Bertz CT molecular complexity index is 1290. The van der Waals surface area contributed by atoms with Crippen LogP contribution in [-0.2, 0) is 17.8 Å². The van der Waals surface area contributed by atoms with E-state index in [1.165, 1.54) is 16.2 Å². The van der Waals surface area contributed by atoms with E-state index in [0.717, 1.165) is 55.4 Å². The van der Waals surface area contributed by atoms with Crippen LogP contribution in [0.3, 0.4) is 0 Å². The van der Waals surface area contributed by atoms with Gasteiger partial charge in [0.2, 0.25) is 5.91 Å². The maximum Gasteiger partial charge on any atom is 0.261 e. The molecule has 1 aromatic carbocycles. The molecule has 3 amide bonds. The van der Waals surface area contributed by atoms with Gasteiger partial charge in [-0.05, 0) is 62.1 Å². The quantitative estimate of drug-likeness (QED) is 0.442. The van der Waals surface area contributed by atoms with Gasteiger partial charge in [0.15, 0.2) is 0 Å². The van der Waals surface area contributed by atoms with Gasteiger partial charge in [-0.3, -0.25) is 19.5 Å². The van der Waals surface area contributed by atoms with Crippen LogP contribution in [-0.4, -0.2) is 76.0 Å². The molecule has 0 spiro atoms. The lowest BCUT2D eigenvalue weighted by Gasteiger charge is -2.31. The molecule has 37 heavy (non-hydrogen) atoms. The summed E-state index contributed by atoms with van der Waals surface area (Å²) in [6.45, 7) is 8.20. The number of benzene rings is 1.